The molecule has 0 fully saturated rings. The summed E-state index contributed by atoms with van der Waals surface area (Å²) in [7, 11) is 0. The number of carbonyl (C=O) groups is 2. The van der Waals surface area contributed by atoms with Crippen LogP contribution in [0.5, 0.6) is 0 Å². The second-order valence-electron chi connectivity index (χ2n) is 5.16. The third kappa shape index (κ3) is 6.25. The van der Waals surface area contributed by atoms with Crippen molar-refractivity contribution in [1.82, 2.24) is 0 Å². The van der Waals surface area contributed by atoms with Crippen LogP contribution in [0.4, 0.5) is 0 Å². The van der Waals surface area contributed by atoms with Crippen molar-refractivity contribution >= 4 is 18.0 Å². The highest BCUT2D eigenvalue weighted by Crippen LogP contribution is 2.11. The molecule has 21 heavy (non-hydrogen) atoms. The van der Waals surface area contributed by atoms with Crippen molar-refractivity contribution < 1.29 is 19.1 Å². The van der Waals surface area contributed by atoms with Crippen molar-refractivity contribution in [2.75, 3.05) is 0 Å². The van der Waals surface area contributed by atoms with Crippen molar-refractivity contribution in [2.45, 2.75) is 39.9 Å². The molecular weight excluding hydrogens is 268 g/mol. The molecule has 1 aromatic carbocycles. The Morgan fingerprint density at radius 3 is 2.19 bits per heavy atom. The number of esters is 2. The lowest BCUT2D eigenvalue weighted by Crippen LogP contribution is -2.30. The van der Waals surface area contributed by atoms with Gasteiger partial charge in [-0.3, -0.25) is 4.79 Å². The molecule has 4 nitrogen and oxygen atoms in total. The van der Waals surface area contributed by atoms with Crippen molar-refractivity contribution in [3.8, 4) is 0 Å². The molecule has 4 heteroatoms. The minimum absolute atomic E-state index is 0.180. The van der Waals surface area contributed by atoms with Gasteiger partial charge in [0.2, 0.25) is 0 Å². The monoisotopic (exact) mass is 290 g/mol. The quantitative estimate of drug-likeness (QED) is 0.596. The second-order valence-corrected chi connectivity index (χ2v) is 5.16. The molecule has 114 valence electrons. The molecule has 0 bridgehead atoms. The van der Waals surface area contributed by atoms with Gasteiger partial charge in [0.15, 0.2) is 0 Å². The van der Waals surface area contributed by atoms with Gasteiger partial charge in [-0.25, -0.2) is 4.79 Å². The zero-order chi connectivity index (χ0) is 15.8. The van der Waals surface area contributed by atoms with Gasteiger partial charge in [0.1, 0.15) is 6.10 Å². The van der Waals surface area contributed by atoms with Crippen LogP contribution in [0, 0.1) is 5.92 Å². The van der Waals surface area contributed by atoms with Crippen molar-refractivity contribution in [3.63, 3.8) is 0 Å². The minimum Gasteiger partial charge on any atom is -0.463 e. The Kier molecular flexibility index (Phi) is 6.66. The van der Waals surface area contributed by atoms with Crippen molar-refractivity contribution in [1.29, 1.82) is 0 Å². The minimum atomic E-state index is -0.538. The number of carbonyl (C=O) groups excluding carboxylic acids is 2. The fourth-order valence-electron chi connectivity index (χ4n) is 1.58. The molecule has 0 spiro atoms. The first-order chi connectivity index (χ1) is 9.90. The lowest BCUT2D eigenvalue weighted by atomic mass is 10.1. The van der Waals surface area contributed by atoms with E-state index in [0.717, 1.165) is 5.56 Å². The van der Waals surface area contributed by atoms with Crippen LogP contribution in [0.1, 0.15) is 33.3 Å². The van der Waals surface area contributed by atoms with E-state index in [1.54, 1.807) is 33.8 Å². The molecule has 2 unspecified atom stereocenters. The fourth-order valence-corrected chi connectivity index (χ4v) is 1.58. The van der Waals surface area contributed by atoms with Crippen LogP contribution >= 0.6 is 0 Å². The van der Waals surface area contributed by atoms with E-state index in [-0.39, 0.29) is 12.1 Å². The van der Waals surface area contributed by atoms with E-state index in [4.69, 9.17) is 9.47 Å². The maximum atomic E-state index is 11.7. The summed E-state index contributed by atoms with van der Waals surface area (Å²) in [5.74, 6) is -1.34. The molecule has 0 aliphatic carbocycles. The predicted octanol–water partition coefficient (Wildman–Crippen LogP) is 3.22. The normalized spacial score (nSPS) is 14.0. The van der Waals surface area contributed by atoms with Gasteiger partial charge in [-0.05, 0) is 39.3 Å². The molecule has 0 N–H and O–H groups in total. The van der Waals surface area contributed by atoms with Gasteiger partial charge < -0.3 is 9.47 Å². The van der Waals surface area contributed by atoms with Crippen molar-refractivity contribution in [2.24, 2.45) is 5.92 Å². The second kappa shape index (κ2) is 8.25. The summed E-state index contributed by atoms with van der Waals surface area (Å²) >= 11 is 0. The smallest absolute Gasteiger partial charge is 0.331 e. The zero-order valence-corrected chi connectivity index (χ0v) is 12.9. The van der Waals surface area contributed by atoms with Crippen LogP contribution in [0.3, 0.4) is 0 Å². The molecule has 0 radical (unpaired) electrons. The van der Waals surface area contributed by atoms with Crippen LogP contribution in [0.2, 0.25) is 0 Å². The van der Waals surface area contributed by atoms with E-state index in [1.807, 2.05) is 30.3 Å². The van der Waals surface area contributed by atoms with E-state index in [2.05, 4.69) is 0 Å². The first kappa shape index (κ1) is 17.0. The lowest BCUT2D eigenvalue weighted by molar-refractivity contribution is -0.160. The van der Waals surface area contributed by atoms with Gasteiger partial charge in [-0.1, -0.05) is 30.3 Å². The largest absolute Gasteiger partial charge is 0.463 e. The van der Waals surface area contributed by atoms with Crippen molar-refractivity contribution in [3.05, 3.63) is 42.0 Å². The van der Waals surface area contributed by atoms with Crippen LogP contribution in [0.25, 0.3) is 6.08 Å². The van der Waals surface area contributed by atoms with Gasteiger partial charge in [-0.15, -0.1) is 0 Å². The molecule has 0 aliphatic heterocycles. The van der Waals surface area contributed by atoms with Gasteiger partial charge in [-0.2, -0.15) is 0 Å². The topological polar surface area (TPSA) is 52.6 Å². The molecule has 0 saturated carbocycles. The standard InChI is InChI=1S/C17H22O4/c1-12(2)20-17(19)13(3)14(4)21-16(18)11-10-15-8-6-5-7-9-15/h5-14H,1-4H3/b11-10+. The van der Waals surface area contributed by atoms with E-state index >= 15 is 0 Å². The SMILES string of the molecule is CC(C)OC(=O)C(C)C(C)OC(=O)/C=C/c1ccccc1. The highest BCUT2D eigenvalue weighted by Gasteiger charge is 2.25. The van der Waals surface area contributed by atoms with E-state index in [1.165, 1.54) is 6.08 Å². The Bertz CT molecular complexity index is 491. The molecule has 0 heterocycles. The Morgan fingerprint density at radius 2 is 1.62 bits per heavy atom. The zero-order valence-electron chi connectivity index (χ0n) is 12.9. The summed E-state index contributed by atoms with van der Waals surface area (Å²) in [6, 6.07) is 9.45. The van der Waals surface area contributed by atoms with Crippen LogP contribution in [-0.4, -0.2) is 24.1 Å². The summed E-state index contributed by atoms with van der Waals surface area (Å²) in [6.45, 7) is 6.93. The number of hydrogen-bond acceptors (Lipinski definition) is 4. The first-order valence-corrected chi connectivity index (χ1v) is 7.04. The first-order valence-electron chi connectivity index (χ1n) is 7.04. The third-order valence-corrected chi connectivity index (χ3v) is 2.94. The maximum absolute atomic E-state index is 11.7. The molecule has 1 aromatic rings. The lowest BCUT2D eigenvalue weighted by Gasteiger charge is -2.19. The molecular formula is C17H22O4. The number of benzene rings is 1. The van der Waals surface area contributed by atoms with Gasteiger partial charge >= 0.3 is 11.9 Å². The Balaban J connectivity index is 2.50. The van der Waals surface area contributed by atoms with Gasteiger partial charge in [0.05, 0.1) is 12.0 Å². The highest BCUT2D eigenvalue weighted by molar-refractivity contribution is 5.87. The summed E-state index contributed by atoms with van der Waals surface area (Å²) in [5.41, 5.74) is 0.911. The molecule has 1 rings (SSSR count). The Labute approximate surface area is 125 Å². The molecule has 0 aromatic heterocycles. The summed E-state index contributed by atoms with van der Waals surface area (Å²) in [6.07, 6.45) is 2.31. The average molecular weight is 290 g/mol. The molecule has 0 aliphatic rings. The van der Waals surface area contributed by atoms with E-state index in [0.29, 0.717) is 0 Å². The summed E-state index contributed by atoms with van der Waals surface area (Å²) in [4.78, 5) is 23.4. The summed E-state index contributed by atoms with van der Waals surface area (Å²) < 4.78 is 10.3. The van der Waals surface area contributed by atoms with Crippen LogP contribution < -0.4 is 0 Å². The highest BCUT2D eigenvalue weighted by atomic mass is 16.6. The number of ether oxygens (including phenoxy) is 2. The van der Waals surface area contributed by atoms with Crippen LogP contribution in [-0.2, 0) is 19.1 Å². The van der Waals surface area contributed by atoms with E-state index < -0.39 is 18.0 Å². The van der Waals surface area contributed by atoms with Gasteiger partial charge in [0.25, 0.3) is 0 Å². The maximum Gasteiger partial charge on any atom is 0.331 e. The van der Waals surface area contributed by atoms with Gasteiger partial charge in [0, 0.05) is 6.08 Å². The summed E-state index contributed by atoms with van der Waals surface area (Å²) in [5, 5.41) is 0. The third-order valence-electron chi connectivity index (χ3n) is 2.94. The average Bonchev–Trinajstić information content (AvgIpc) is 2.44. The molecule has 0 amide bonds. The molecule has 0 saturated heterocycles. The van der Waals surface area contributed by atoms with E-state index in [9.17, 15) is 9.59 Å². The van der Waals surface area contributed by atoms with Crippen LogP contribution in [0.15, 0.2) is 36.4 Å². The Hall–Kier alpha value is -2.10. The molecule has 2 atom stereocenters. The number of hydrogen-bond donors (Lipinski definition) is 0. The Morgan fingerprint density at radius 1 is 1.00 bits per heavy atom. The number of rotatable bonds is 6. The fraction of sp³-hybridized carbons (Fsp3) is 0.412. The predicted molar refractivity (Wildman–Crippen MR) is 81.4 cm³/mol.